The first kappa shape index (κ1) is 24.1. The summed E-state index contributed by atoms with van der Waals surface area (Å²) in [7, 11) is 0. The highest BCUT2D eigenvalue weighted by atomic mass is 35.5. The van der Waals surface area contributed by atoms with Crippen molar-refractivity contribution in [2.24, 2.45) is 0 Å². The number of hydrogen-bond acceptors (Lipinski definition) is 6. The molecule has 2 aromatic carbocycles. The molecule has 9 heteroatoms. The molecule has 0 saturated carbocycles. The molecule has 3 aromatic heterocycles. The van der Waals surface area contributed by atoms with Crippen LogP contribution < -0.4 is 20.1 Å². The molecule has 0 aliphatic rings. The molecule has 0 unspecified atom stereocenters. The van der Waals surface area contributed by atoms with E-state index >= 15 is 0 Å². The topological polar surface area (TPSA) is 101 Å². The van der Waals surface area contributed by atoms with Crippen molar-refractivity contribution in [3.8, 4) is 23.1 Å². The zero-order chi connectivity index (χ0) is 25.8. The molecule has 3 heterocycles. The molecule has 1 amide bonds. The fourth-order valence-corrected chi connectivity index (χ4v) is 4.95. The van der Waals surface area contributed by atoms with E-state index < -0.39 is 5.91 Å². The fraction of sp³-hybridized carbons (Fsp3) is 0.0357. The van der Waals surface area contributed by atoms with Crippen molar-refractivity contribution in [1.29, 1.82) is 5.26 Å². The molecule has 0 saturated heterocycles. The Morgan fingerprint density at radius 2 is 1.92 bits per heavy atom. The van der Waals surface area contributed by atoms with Crippen molar-refractivity contribution in [3.05, 3.63) is 121 Å². The SMILES string of the molecule is N#C/C(C(=O)NCc1ccco1)=c1/s/c(=C\c2ccc(-c3cccc(Cl)c3)o2)c(=O)n1-c1ccccc1. The van der Waals surface area contributed by atoms with Gasteiger partial charge in [0.15, 0.2) is 5.57 Å². The first-order chi connectivity index (χ1) is 18.0. The molecule has 37 heavy (non-hydrogen) atoms. The number of aromatic nitrogens is 1. The monoisotopic (exact) mass is 527 g/mol. The first-order valence-corrected chi connectivity index (χ1v) is 12.3. The Balaban J connectivity index is 1.62. The highest BCUT2D eigenvalue weighted by molar-refractivity contribution is 7.07. The maximum absolute atomic E-state index is 13.5. The van der Waals surface area contributed by atoms with E-state index in [1.54, 1.807) is 66.7 Å². The van der Waals surface area contributed by atoms with Crippen LogP contribution >= 0.6 is 22.9 Å². The van der Waals surface area contributed by atoms with Gasteiger partial charge in [0, 0.05) is 16.7 Å². The largest absolute Gasteiger partial charge is 0.467 e. The number of para-hydroxylation sites is 1. The second kappa shape index (κ2) is 10.6. The minimum Gasteiger partial charge on any atom is -0.467 e. The van der Waals surface area contributed by atoms with Crippen LogP contribution in [0.4, 0.5) is 0 Å². The molecular weight excluding hydrogens is 510 g/mol. The van der Waals surface area contributed by atoms with Crippen LogP contribution in [0.25, 0.3) is 28.7 Å². The highest BCUT2D eigenvalue weighted by Crippen LogP contribution is 2.25. The molecular formula is C28H18ClN3O4S. The van der Waals surface area contributed by atoms with Crippen molar-refractivity contribution in [1.82, 2.24) is 9.88 Å². The number of carbonyl (C=O) groups is 1. The number of furan rings is 2. The molecule has 0 aliphatic carbocycles. The number of rotatable bonds is 6. The van der Waals surface area contributed by atoms with Gasteiger partial charge in [0.05, 0.1) is 23.0 Å². The summed E-state index contributed by atoms with van der Waals surface area (Å²) in [5, 5.41) is 13.2. The van der Waals surface area contributed by atoms with Gasteiger partial charge >= 0.3 is 0 Å². The Morgan fingerprint density at radius 1 is 1.08 bits per heavy atom. The molecule has 182 valence electrons. The molecule has 0 radical (unpaired) electrons. The van der Waals surface area contributed by atoms with E-state index in [1.165, 1.54) is 10.8 Å². The zero-order valence-electron chi connectivity index (χ0n) is 19.2. The molecule has 0 atom stereocenters. The van der Waals surface area contributed by atoms with E-state index in [-0.39, 0.29) is 22.3 Å². The minimum atomic E-state index is -0.613. The average molecular weight is 528 g/mol. The van der Waals surface area contributed by atoms with Gasteiger partial charge in [-0.25, -0.2) is 0 Å². The summed E-state index contributed by atoms with van der Waals surface area (Å²) in [6.07, 6.45) is 3.09. The molecule has 0 spiro atoms. The normalized spacial score (nSPS) is 12.3. The number of halogens is 1. The molecule has 7 nitrogen and oxygen atoms in total. The van der Waals surface area contributed by atoms with Gasteiger partial charge < -0.3 is 14.2 Å². The van der Waals surface area contributed by atoms with Gasteiger partial charge in [-0.3, -0.25) is 14.2 Å². The van der Waals surface area contributed by atoms with E-state index in [0.29, 0.717) is 32.5 Å². The predicted octanol–water partition coefficient (Wildman–Crippen LogP) is 4.22. The van der Waals surface area contributed by atoms with Crippen LogP contribution in [0.2, 0.25) is 5.02 Å². The lowest BCUT2D eigenvalue weighted by Crippen LogP contribution is -2.33. The highest BCUT2D eigenvalue weighted by Gasteiger charge is 2.17. The number of hydrogen-bond donors (Lipinski definition) is 1. The smallest absolute Gasteiger partial charge is 0.273 e. The third-order valence-corrected chi connectivity index (χ3v) is 6.73. The van der Waals surface area contributed by atoms with Crippen molar-refractivity contribution in [2.45, 2.75) is 6.54 Å². The first-order valence-electron chi connectivity index (χ1n) is 11.1. The van der Waals surface area contributed by atoms with Crippen LogP contribution in [0.3, 0.4) is 0 Å². The Kier molecular flexibility index (Phi) is 6.90. The number of amides is 1. The van der Waals surface area contributed by atoms with Gasteiger partial charge in [0.2, 0.25) is 0 Å². The third-order valence-electron chi connectivity index (χ3n) is 5.40. The van der Waals surface area contributed by atoms with Crippen LogP contribution in [0.1, 0.15) is 11.5 Å². The van der Waals surface area contributed by atoms with E-state index in [2.05, 4.69) is 5.32 Å². The molecule has 0 bridgehead atoms. The van der Waals surface area contributed by atoms with E-state index in [0.717, 1.165) is 16.9 Å². The molecule has 1 N–H and O–H groups in total. The number of benzene rings is 2. The van der Waals surface area contributed by atoms with Gasteiger partial charge in [-0.2, -0.15) is 5.26 Å². The van der Waals surface area contributed by atoms with Gasteiger partial charge in [0.25, 0.3) is 11.5 Å². The van der Waals surface area contributed by atoms with Crippen molar-refractivity contribution >= 4 is 40.5 Å². The molecule has 5 aromatic rings. The Morgan fingerprint density at radius 3 is 2.65 bits per heavy atom. The van der Waals surface area contributed by atoms with E-state index in [4.69, 9.17) is 20.4 Å². The maximum Gasteiger partial charge on any atom is 0.273 e. The van der Waals surface area contributed by atoms with E-state index in [9.17, 15) is 14.9 Å². The summed E-state index contributed by atoms with van der Waals surface area (Å²) in [5.74, 6) is 0.966. The summed E-state index contributed by atoms with van der Waals surface area (Å²) in [6, 6.07) is 25.0. The van der Waals surface area contributed by atoms with Crippen molar-refractivity contribution in [2.75, 3.05) is 0 Å². The maximum atomic E-state index is 13.5. The van der Waals surface area contributed by atoms with Crippen LogP contribution in [-0.4, -0.2) is 10.5 Å². The Labute approximate surface area is 219 Å². The van der Waals surface area contributed by atoms with Crippen LogP contribution in [-0.2, 0) is 11.3 Å². The fourth-order valence-electron chi connectivity index (χ4n) is 3.68. The number of nitrogens with zero attached hydrogens (tertiary/aromatic N) is 2. The number of nitriles is 1. The number of carbonyl (C=O) groups excluding carboxylic acids is 1. The Hall–Kier alpha value is -4.58. The minimum absolute atomic E-state index is 0.107. The lowest BCUT2D eigenvalue weighted by atomic mass is 10.2. The molecule has 5 rings (SSSR count). The average Bonchev–Trinajstić information content (AvgIpc) is 3.66. The standard InChI is InChI=1S/C28H18ClN3O4S/c29-19-7-4-6-18(14-19)24-12-11-21(36-24)15-25-27(34)32(20-8-2-1-3-9-20)28(37-25)23(16-30)26(33)31-17-22-10-5-13-35-22/h1-15H,17H2,(H,31,33)/b25-15-,28-23-. The Bertz CT molecular complexity index is 1790. The summed E-state index contributed by atoms with van der Waals surface area (Å²) < 4.78 is 13.1. The van der Waals surface area contributed by atoms with Gasteiger partial charge in [-0.1, -0.05) is 41.9 Å². The van der Waals surface area contributed by atoms with Gasteiger partial charge in [-0.05, 0) is 48.5 Å². The quantitative estimate of drug-likeness (QED) is 0.356. The van der Waals surface area contributed by atoms with Gasteiger partial charge in [-0.15, -0.1) is 11.3 Å². The summed E-state index contributed by atoms with van der Waals surface area (Å²) in [6.45, 7) is 0.107. The second-order valence-electron chi connectivity index (χ2n) is 7.85. The number of nitrogens with one attached hydrogen (secondary N) is 1. The molecule has 0 aliphatic heterocycles. The number of thiazole rings is 1. The summed E-state index contributed by atoms with van der Waals surface area (Å²) >= 11 is 7.13. The predicted molar refractivity (Wildman–Crippen MR) is 141 cm³/mol. The third kappa shape index (κ3) is 5.19. The van der Waals surface area contributed by atoms with Gasteiger partial charge in [0.1, 0.15) is 28.0 Å². The lowest BCUT2D eigenvalue weighted by Gasteiger charge is -2.04. The van der Waals surface area contributed by atoms with Crippen LogP contribution in [0, 0.1) is 11.3 Å². The second-order valence-corrected chi connectivity index (χ2v) is 9.32. The summed E-state index contributed by atoms with van der Waals surface area (Å²) in [5.41, 5.74) is 0.771. The van der Waals surface area contributed by atoms with Crippen LogP contribution in [0.15, 0.2) is 98.8 Å². The lowest BCUT2D eigenvalue weighted by molar-refractivity contribution is -0.115. The van der Waals surface area contributed by atoms with Crippen molar-refractivity contribution < 1.29 is 13.6 Å². The zero-order valence-corrected chi connectivity index (χ0v) is 20.8. The van der Waals surface area contributed by atoms with Crippen LogP contribution in [0.5, 0.6) is 0 Å². The van der Waals surface area contributed by atoms with Crippen molar-refractivity contribution in [3.63, 3.8) is 0 Å². The molecule has 0 fully saturated rings. The summed E-state index contributed by atoms with van der Waals surface area (Å²) in [4.78, 5) is 26.5. The van der Waals surface area contributed by atoms with E-state index in [1.807, 2.05) is 24.3 Å².